The van der Waals surface area contributed by atoms with Gasteiger partial charge >= 0.3 is 0 Å². The van der Waals surface area contributed by atoms with Crippen molar-refractivity contribution >= 4 is 17.1 Å². The number of thiazole rings is 1. The number of ketones is 1. The Morgan fingerprint density at radius 1 is 1.53 bits per heavy atom. The zero-order valence-corrected chi connectivity index (χ0v) is 9.93. The fourth-order valence-electron chi connectivity index (χ4n) is 2.50. The van der Waals surface area contributed by atoms with Crippen LogP contribution in [0, 0.1) is 11.8 Å². The standard InChI is InChI=1S/C12H17NOS/c1-2-9-3-4-11(14)7-10(9)8-12-13-5-6-15-12/h5-6,9-10H,2-4,7-8H2,1H3. The average Bonchev–Trinajstić information content (AvgIpc) is 2.71. The minimum Gasteiger partial charge on any atom is -0.300 e. The number of carbonyl (C=O) groups excluding carboxylic acids is 1. The molecule has 82 valence electrons. The Bertz CT molecular complexity index is 320. The van der Waals surface area contributed by atoms with E-state index in [-0.39, 0.29) is 0 Å². The van der Waals surface area contributed by atoms with Crippen LogP contribution in [0.25, 0.3) is 0 Å². The van der Waals surface area contributed by atoms with Crippen molar-refractivity contribution in [2.75, 3.05) is 0 Å². The van der Waals surface area contributed by atoms with E-state index >= 15 is 0 Å². The Morgan fingerprint density at radius 2 is 2.40 bits per heavy atom. The van der Waals surface area contributed by atoms with Gasteiger partial charge in [0.1, 0.15) is 5.78 Å². The summed E-state index contributed by atoms with van der Waals surface area (Å²) in [6.45, 7) is 2.23. The molecule has 2 rings (SSSR count). The Hall–Kier alpha value is -0.700. The minimum absolute atomic E-state index is 0.446. The summed E-state index contributed by atoms with van der Waals surface area (Å²) in [6.07, 6.45) is 6.72. The summed E-state index contributed by atoms with van der Waals surface area (Å²) >= 11 is 1.71. The topological polar surface area (TPSA) is 30.0 Å². The van der Waals surface area contributed by atoms with Gasteiger partial charge in [-0.3, -0.25) is 4.79 Å². The smallest absolute Gasteiger partial charge is 0.133 e. The summed E-state index contributed by atoms with van der Waals surface area (Å²) in [6, 6.07) is 0. The summed E-state index contributed by atoms with van der Waals surface area (Å²) in [5.41, 5.74) is 0. The molecule has 2 unspecified atom stereocenters. The largest absolute Gasteiger partial charge is 0.300 e. The maximum absolute atomic E-state index is 11.4. The van der Waals surface area contributed by atoms with Gasteiger partial charge in [0.15, 0.2) is 0 Å². The molecule has 1 heterocycles. The second-order valence-corrected chi connectivity index (χ2v) is 5.32. The third-order valence-electron chi connectivity index (χ3n) is 3.40. The molecule has 2 nitrogen and oxygen atoms in total. The highest BCUT2D eigenvalue weighted by Gasteiger charge is 2.28. The molecular weight excluding hydrogens is 206 g/mol. The van der Waals surface area contributed by atoms with Crippen molar-refractivity contribution in [2.24, 2.45) is 11.8 Å². The number of aromatic nitrogens is 1. The third kappa shape index (κ3) is 2.65. The molecule has 1 fully saturated rings. The second-order valence-electron chi connectivity index (χ2n) is 4.34. The van der Waals surface area contributed by atoms with Crippen molar-refractivity contribution in [2.45, 2.75) is 39.0 Å². The van der Waals surface area contributed by atoms with Crippen LogP contribution in [0.3, 0.4) is 0 Å². The first-order valence-electron chi connectivity index (χ1n) is 5.69. The fraction of sp³-hybridized carbons (Fsp3) is 0.667. The van der Waals surface area contributed by atoms with E-state index < -0.39 is 0 Å². The third-order valence-corrected chi connectivity index (χ3v) is 4.20. The van der Waals surface area contributed by atoms with Gasteiger partial charge in [-0.15, -0.1) is 11.3 Å². The van der Waals surface area contributed by atoms with Crippen LogP contribution < -0.4 is 0 Å². The highest BCUT2D eigenvalue weighted by atomic mass is 32.1. The summed E-state index contributed by atoms with van der Waals surface area (Å²) in [5, 5.41) is 3.20. The lowest BCUT2D eigenvalue weighted by molar-refractivity contribution is -0.122. The molecule has 2 atom stereocenters. The van der Waals surface area contributed by atoms with Gasteiger partial charge in [0.2, 0.25) is 0 Å². The van der Waals surface area contributed by atoms with Gasteiger partial charge in [-0.05, 0) is 18.3 Å². The molecule has 0 spiro atoms. The Labute approximate surface area is 94.7 Å². The zero-order chi connectivity index (χ0) is 10.7. The highest BCUT2D eigenvalue weighted by Crippen LogP contribution is 2.33. The van der Waals surface area contributed by atoms with Crippen molar-refractivity contribution in [1.29, 1.82) is 0 Å². The molecule has 1 saturated carbocycles. The molecule has 1 aliphatic rings. The zero-order valence-electron chi connectivity index (χ0n) is 9.11. The number of carbonyl (C=O) groups is 1. The van der Waals surface area contributed by atoms with Crippen LogP contribution in [0.5, 0.6) is 0 Å². The average molecular weight is 223 g/mol. The lowest BCUT2D eigenvalue weighted by Crippen LogP contribution is -2.26. The summed E-state index contributed by atoms with van der Waals surface area (Å²) in [5.74, 6) is 1.72. The van der Waals surface area contributed by atoms with Crippen molar-refractivity contribution < 1.29 is 4.79 Å². The molecule has 0 aliphatic heterocycles. The molecule has 1 aromatic rings. The van der Waals surface area contributed by atoms with Crippen molar-refractivity contribution in [3.63, 3.8) is 0 Å². The first-order chi connectivity index (χ1) is 7.29. The van der Waals surface area contributed by atoms with Gasteiger partial charge in [0.25, 0.3) is 0 Å². The van der Waals surface area contributed by atoms with Crippen molar-refractivity contribution in [3.05, 3.63) is 16.6 Å². The number of hydrogen-bond donors (Lipinski definition) is 0. The van der Waals surface area contributed by atoms with Gasteiger partial charge in [-0.1, -0.05) is 13.3 Å². The minimum atomic E-state index is 0.446. The number of Topliss-reactive ketones (excluding diaryl/α,β-unsaturated/α-hetero) is 1. The lowest BCUT2D eigenvalue weighted by atomic mass is 9.76. The first kappa shape index (κ1) is 10.8. The maximum atomic E-state index is 11.4. The number of rotatable bonds is 3. The predicted octanol–water partition coefficient (Wildman–Crippen LogP) is 3.08. The van der Waals surface area contributed by atoms with Crippen LogP contribution in [0.2, 0.25) is 0 Å². The molecule has 0 aromatic carbocycles. The van der Waals surface area contributed by atoms with Crippen molar-refractivity contribution in [3.8, 4) is 0 Å². The fourth-order valence-corrected chi connectivity index (χ4v) is 3.21. The maximum Gasteiger partial charge on any atom is 0.133 e. The molecular formula is C12H17NOS. The van der Waals surface area contributed by atoms with Crippen molar-refractivity contribution in [1.82, 2.24) is 4.98 Å². The van der Waals surface area contributed by atoms with E-state index in [0.717, 1.165) is 31.6 Å². The van der Waals surface area contributed by atoms with E-state index in [0.29, 0.717) is 11.7 Å². The van der Waals surface area contributed by atoms with Gasteiger partial charge in [-0.2, -0.15) is 0 Å². The van der Waals surface area contributed by atoms with E-state index in [1.807, 2.05) is 11.6 Å². The SMILES string of the molecule is CCC1CCC(=O)CC1Cc1nccs1. The number of nitrogens with zero attached hydrogens (tertiary/aromatic N) is 1. The molecule has 15 heavy (non-hydrogen) atoms. The monoisotopic (exact) mass is 223 g/mol. The first-order valence-corrected chi connectivity index (χ1v) is 6.57. The van der Waals surface area contributed by atoms with Gasteiger partial charge in [-0.25, -0.2) is 4.98 Å². The molecule has 0 saturated heterocycles. The molecule has 1 aliphatic carbocycles. The molecule has 0 bridgehead atoms. The molecule has 0 amide bonds. The van der Waals surface area contributed by atoms with Crippen LogP contribution in [0.4, 0.5) is 0 Å². The summed E-state index contributed by atoms with van der Waals surface area (Å²) < 4.78 is 0. The Balaban J connectivity index is 2.01. The lowest BCUT2D eigenvalue weighted by Gasteiger charge is -2.29. The Kier molecular flexibility index (Phi) is 3.52. The van der Waals surface area contributed by atoms with Gasteiger partial charge < -0.3 is 0 Å². The van der Waals surface area contributed by atoms with Crippen LogP contribution in [0.15, 0.2) is 11.6 Å². The van der Waals surface area contributed by atoms with Gasteiger partial charge in [0.05, 0.1) is 5.01 Å². The Morgan fingerprint density at radius 3 is 3.07 bits per heavy atom. The van der Waals surface area contributed by atoms with E-state index in [1.165, 1.54) is 11.4 Å². The normalized spacial score (nSPS) is 26.9. The van der Waals surface area contributed by atoms with Crippen LogP contribution >= 0.6 is 11.3 Å². The summed E-state index contributed by atoms with van der Waals surface area (Å²) in [7, 11) is 0. The molecule has 0 radical (unpaired) electrons. The van der Waals surface area contributed by atoms with E-state index in [9.17, 15) is 4.79 Å². The van der Waals surface area contributed by atoms with E-state index in [4.69, 9.17) is 0 Å². The predicted molar refractivity (Wildman–Crippen MR) is 61.9 cm³/mol. The quantitative estimate of drug-likeness (QED) is 0.788. The molecule has 1 aromatic heterocycles. The van der Waals surface area contributed by atoms with E-state index in [2.05, 4.69) is 11.9 Å². The summed E-state index contributed by atoms with van der Waals surface area (Å²) in [4.78, 5) is 15.8. The molecule has 3 heteroatoms. The van der Waals surface area contributed by atoms with Crippen LogP contribution in [-0.4, -0.2) is 10.8 Å². The number of hydrogen-bond acceptors (Lipinski definition) is 3. The van der Waals surface area contributed by atoms with Crippen LogP contribution in [-0.2, 0) is 11.2 Å². The van der Waals surface area contributed by atoms with Gasteiger partial charge in [0, 0.05) is 30.8 Å². The highest BCUT2D eigenvalue weighted by molar-refractivity contribution is 7.09. The molecule has 0 N–H and O–H groups in total. The van der Waals surface area contributed by atoms with E-state index in [1.54, 1.807) is 11.3 Å². The second kappa shape index (κ2) is 4.88. The van der Waals surface area contributed by atoms with Crippen LogP contribution in [0.1, 0.15) is 37.6 Å².